The number of carbonyl (C=O) groups is 2. The van der Waals surface area contributed by atoms with E-state index in [1.54, 1.807) is 0 Å². The molecule has 2 atom stereocenters. The van der Waals surface area contributed by atoms with Crippen LogP contribution in [0.5, 0.6) is 0 Å². The summed E-state index contributed by atoms with van der Waals surface area (Å²) >= 11 is 0. The molecule has 0 heterocycles. The third-order valence-corrected chi connectivity index (χ3v) is 3.32. The third kappa shape index (κ3) is 6.14. The summed E-state index contributed by atoms with van der Waals surface area (Å²) < 4.78 is 0. The van der Waals surface area contributed by atoms with Crippen molar-refractivity contribution in [3.8, 4) is 0 Å². The molecule has 3 N–H and O–H groups in total. The second-order valence-corrected chi connectivity index (χ2v) is 4.78. The van der Waals surface area contributed by atoms with Crippen molar-refractivity contribution in [1.29, 1.82) is 0 Å². The van der Waals surface area contributed by atoms with E-state index in [1.165, 1.54) is 12.5 Å². The van der Waals surface area contributed by atoms with Gasteiger partial charge in [0.15, 0.2) is 0 Å². The van der Waals surface area contributed by atoms with Crippen LogP contribution in [0.2, 0.25) is 0 Å². The summed E-state index contributed by atoms with van der Waals surface area (Å²) in [4.78, 5) is 22.0. The molecule has 0 aliphatic carbocycles. The first kappa shape index (κ1) is 19.4. The molecule has 0 saturated carbocycles. The fourth-order valence-corrected chi connectivity index (χ4v) is 2.10. The van der Waals surface area contributed by atoms with Crippen LogP contribution in [0.3, 0.4) is 0 Å². The first-order valence-corrected chi connectivity index (χ1v) is 6.74. The smallest absolute Gasteiger partial charge is 0.320 e. The van der Waals surface area contributed by atoms with Gasteiger partial charge in [0.2, 0.25) is 0 Å². The zero-order valence-electron chi connectivity index (χ0n) is 12.2. The van der Waals surface area contributed by atoms with Crippen LogP contribution in [0.25, 0.3) is 0 Å². The van der Waals surface area contributed by atoms with E-state index in [4.69, 9.17) is 10.2 Å². The monoisotopic (exact) mass is 315 g/mol. The highest BCUT2D eigenvalue weighted by Crippen LogP contribution is 2.13. The van der Waals surface area contributed by atoms with E-state index >= 15 is 0 Å². The van der Waals surface area contributed by atoms with Crippen molar-refractivity contribution in [2.24, 2.45) is 0 Å². The van der Waals surface area contributed by atoms with Gasteiger partial charge in [-0.15, -0.1) is 12.4 Å². The molecule has 0 saturated heterocycles. The Balaban J connectivity index is 0.00000400. The van der Waals surface area contributed by atoms with Gasteiger partial charge < -0.3 is 10.2 Å². The van der Waals surface area contributed by atoms with Gasteiger partial charge >= 0.3 is 11.9 Å². The predicted molar refractivity (Wildman–Crippen MR) is 83.0 cm³/mol. The number of aryl methyl sites for hydroxylation is 2. The number of aliphatic carboxylic acids is 2. The van der Waals surface area contributed by atoms with Crippen molar-refractivity contribution >= 4 is 24.3 Å². The maximum atomic E-state index is 11.2. The molecular weight excluding hydrogens is 294 g/mol. The SMILES string of the molecule is CCc1ccccc1CCC(NC(C)C(=O)O)C(=O)O.Cl. The Bertz CT molecular complexity index is 478. The van der Waals surface area contributed by atoms with Crippen LogP contribution < -0.4 is 5.32 Å². The lowest BCUT2D eigenvalue weighted by atomic mass is 9.98. The summed E-state index contributed by atoms with van der Waals surface area (Å²) in [5.41, 5.74) is 2.31. The standard InChI is InChI=1S/C15H21NO4.ClH/c1-3-11-6-4-5-7-12(11)8-9-13(15(19)20)16-10(2)14(17)18;/h4-7,10,13,16H,3,8-9H2,1-2H3,(H,17,18)(H,19,20);1H. The number of carboxylic acids is 2. The summed E-state index contributed by atoms with van der Waals surface area (Å²) in [5.74, 6) is -2.07. The van der Waals surface area contributed by atoms with Gasteiger partial charge in [0.05, 0.1) is 0 Å². The molecule has 0 spiro atoms. The molecule has 118 valence electrons. The fraction of sp³-hybridized carbons (Fsp3) is 0.467. The Hall–Kier alpha value is -1.59. The minimum Gasteiger partial charge on any atom is -0.480 e. The summed E-state index contributed by atoms with van der Waals surface area (Å²) in [6, 6.07) is 6.17. The number of rotatable bonds is 8. The molecule has 0 bridgehead atoms. The summed E-state index contributed by atoms with van der Waals surface area (Å²) in [6.45, 7) is 3.50. The molecule has 0 fully saturated rings. The molecule has 5 nitrogen and oxygen atoms in total. The van der Waals surface area contributed by atoms with Gasteiger partial charge in [0.25, 0.3) is 0 Å². The van der Waals surface area contributed by atoms with Crippen molar-refractivity contribution in [2.45, 2.75) is 45.2 Å². The maximum absolute atomic E-state index is 11.2. The number of halogens is 1. The summed E-state index contributed by atoms with van der Waals surface area (Å²) in [7, 11) is 0. The van der Waals surface area contributed by atoms with Crippen molar-refractivity contribution < 1.29 is 19.8 Å². The predicted octanol–water partition coefficient (Wildman–Crippen LogP) is 2.12. The Kier molecular flexibility index (Phi) is 8.66. The summed E-state index contributed by atoms with van der Waals surface area (Å²) in [5, 5.41) is 20.6. The Morgan fingerprint density at radius 2 is 1.71 bits per heavy atom. The molecule has 0 aliphatic rings. The van der Waals surface area contributed by atoms with Crippen LogP contribution in [0.4, 0.5) is 0 Å². The van der Waals surface area contributed by atoms with E-state index in [0.29, 0.717) is 12.8 Å². The fourth-order valence-electron chi connectivity index (χ4n) is 2.10. The van der Waals surface area contributed by atoms with Gasteiger partial charge in [-0.25, -0.2) is 0 Å². The van der Waals surface area contributed by atoms with E-state index < -0.39 is 24.0 Å². The average molecular weight is 316 g/mol. The second-order valence-electron chi connectivity index (χ2n) is 4.78. The summed E-state index contributed by atoms with van der Waals surface area (Å²) in [6.07, 6.45) is 1.87. The van der Waals surface area contributed by atoms with Crippen molar-refractivity contribution in [3.05, 3.63) is 35.4 Å². The Morgan fingerprint density at radius 3 is 2.19 bits per heavy atom. The molecule has 21 heavy (non-hydrogen) atoms. The number of hydrogen-bond acceptors (Lipinski definition) is 3. The number of nitrogens with one attached hydrogen (secondary N) is 1. The first-order chi connectivity index (χ1) is 9.45. The number of hydrogen-bond donors (Lipinski definition) is 3. The Morgan fingerprint density at radius 1 is 1.14 bits per heavy atom. The van der Waals surface area contributed by atoms with Gasteiger partial charge in [-0.2, -0.15) is 0 Å². The van der Waals surface area contributed by atoms with Gasteiger partial charge in [0, 0.05) is 0 Å². The molecule has 1 rings (SSSR count). The van der Waals surface area contributed by atoms with Crippen LogP contribution in [-0.2, 0) is 22.4 Å². The topological polar surface area (TPSA) is 86.6 Å². The minimum atomic E-state index is -1.05. The van der Waals surface area contributed by atoms with E-state index in [0.717, 1.165) is 12.0 Å². The van der Waals surface area contributed by atoms with Gasteiger partial charge in [-0.05, 0) is 37.3 Å². The van der Waals surface area contributed by atoms with E-state index in [2.05, 4.69) is 12.2 Å². The Labute approximate surface area is 130 Å². The quantitative estimate of drug-likeness (QED) is 0.684. The maximum Gasteiger partial charge on any atom is 0.320 e. The zero-order valence-corrected chi connectivity index (χ0v) is 13.0. The minimum absolute atomic E-state index is 0. The highest BCUT2D eigenvalue weighted by atomic mass is 35.5. The zero-order chi connectivity index (χ0) is 15.1. The number of carboxylic acid groups (broad SMARTS) is 2. The molecule has 0 aliphatic heterocycles. The lowest BCUT2D eigenvalue weighted by Crippen LogP contribution is -2.45. The largest absolute Gasteiger partial charge is 0.480 e. The van der Waals surface area contributed by atoms with Crippen LogP contribution in [-0.4, -0.2) is 34.2 Å². The van der Waals surface area contributed by atoms with Gasteiger partial charge in [-0.3, -0.25) is 14.9 Å². The highest BCUT2D eigenvalue weighted by molar-refractivity contribution is 5.85. The number of benzene rings is 1. The average Bonchev–Trinajstić information content (AvgIpc) is 2.42. The molecule has 0 aromatic heterocycles. The van der Waals surface area contributed by atoms with Crippen molar-refractivity contribution in [1.82, 2.24) is 5.32 Å². The molecule has 6 heteroatoms. The molecule has 2 unspecified atom stereocenters. The molecule has 1 aromatic rings. The first-order valence-electron chi connectivity index (χ1n) is 6.74. The van der Waals surface area contributed by atoms with E-state index in [9.17, 15) is 9.59 Å². The van der Waals surface area contributed by atoms with Crippen molar-refractivity contribution in [3.63, 3.8) is 0 Å². The van der Waals surface area contributed by atoms with Gasteiger partial charge in [-0.1, -0.05) is 31.2 Å². The molecule has 1 aromatic carbocycles. The highest BCUT2D eigenvalue weighted by Gasteiger charge is 2.22. The molecular formula is C15H22ClNO4. The lowest BCUT2D eigenvalue weighted by molar-refractivity contribution is -0.142. The molecule has 0 radical (unpaired) electrons. The normalized spacial score (nSPS) is 13.0. The van der Waals surface area contributed by atoms with Crippen LogP contribution in [0.1, 0.15) is 31.4 Å². The lowest BCUT2D eigenvalue weighted by Gasteiger charge is -2.18. The van der Waals surface area contributed by atoms with E-state index in [1.807, 2.05) is 24.3 Å². The van der Waals surface area contributed by atoms with Crippen molar-refractivity contribution in [2.75, 3.05) is 0 Å². The molecule has 0 amide bonds. The van der Waals surface area contributed by atoms with Gasteiger partial charge in [0.1, 0.15) is 12.1 Å². The van der Waals surface area contributed by atoms with Crippen LogP contribution in [0, 0.1) is 0 Å². The second kappa shape index (κ2) is 9.37. The van der Waals surface area contributed by atoms with Crippen LogP contribution in [0.15, 0.2) is 24.3 Å². The third-order valence-electron chi connectivity index (χ3n) is 3.32. The van der Waals surface area contributed by atoms with Crippen LogP contribution >= 0.6 is 12.4 Å². The van der Waals surface area contributed by atoms with E-state index in [-0.39, 0.29) is 12.4 Å².